The Morgan fingerprint density at radius 1 is 1.16 bits per heavy atom. The monoisotopic (exact) mass is 267 g/mol. The number of carboxylic acids is 1. The van der Waals surface area contributed by atoms with Gasteiger partial charge >= 0.3 is 5.97 Å². The molecule has 1 amide bonds. The first-order valence-electron chi connectivity index (χ1n) is 7.10. The zero-order chi connectivity index (χ0) is 14.4. The van der Waals surface area contributed by atoms with Crippen LogP contribution in [0.2, 0.25) is 0 Å². The highest BCUT2D eigenvalue weighted by atomic mass is 16.4. The third-order valence-electron chi connectivity index (χ3n) is 3.65. The number of rotatable bonds is 6. The molecule has 19 heavy (non-hydrogen) atoms. The van der Waals surface area contributed by atoms with E-state index in [-0.39, 0.29) is 11.9 Å². The number of hydrogen-bond donors (Lipinski definition) is 2. The molecular weight excluding hydrogens is 242 g/mol. The first-order valence-corrected chi connectivity index (χ1v) is 7.10. The van der Waals surface area contributed by atoms with E-state index in [1.54, 1.807) is 0 Å². The van der Waals surface area contributed by atoms with Gasteiger partial charge in [0.2, 0.25) is 5.91 Å². The van der Waals surface area contributed by atoms with Crippen molar-refractivity contribution in [2.24, 2.45) is 17.8 Å². The van der Waals surface area contributed by atoms with Crippen molar-refractivity contribution >= 4 is 11.9 Å². The number of amides is 1. The third kappa shape index (κ3) is 5.05. The second-order valence-corrected chi connectivity index (χ2v) is 5.87. The molecule has 2 N–H and O–H groups in total. The smallest absolute Gasteiger partial charge is 0.307 e. The van der Waals surface area contributed by atoms with Crippen LogP contribution in [0.5, 0.6) is 0 Å². The molecule has 1 aliphatic rings. The molecule has 1 aliphatic carbocycles. The lowest BCUT2D eigenvalue weighted by Crippen LogP contribution is -2.42. The summed E-state index contributed by atoms with van der Waals surface area (Å²) in [6.07, 6.45) is 6.73. The van der Waals surface area contributed by atoms with E-state index in [9.17, 15) is 9.59 Å². The second kappa shape index (κ2) is 7.31. The molecule has 0 saturated carbocycles. The van der Waals surface area contributed by atoms with Gasteiger partial charge in [-0.25, -0.2) is 0 Å². The van der Waals surface area contributed by atoms with Gasteiger partial charge in [0.05, 0.1) is 11.8 Å². The number of hydrogen-bond acceptors (Lipinski definition) is 2. The van der Waals surface area contributed by atoms with Crippen molar-refractivity contribution in [1.82, 2.24) is 5.32 Å². The summed E-state index contributed by atoms with van der Waals surface area (Å²) in [6, 6.07) is 0.107. The first-order chi connectivity index (χ1) is 8.91. The molecule has 0 aliphatic heterocycles. The van der Waals surface area contributed by atoms with Crippen LogP contribution in [0.4, 0.5) is 0 Å². The largest absolute Gasteiger partial charge is 0.481 e. The normalized spacial score (nSPS) is 24.2. The quantitative estimate of drug-likeness (QED) is 0.727. The molecule has 1 rings (SSSR count). The number of aliphatic carboxylic acids is 1. The van der Waals surface area contributed by atoms with E-state index in [0.29, 0.717) is 18.8 Å². The number of allylic oxidation sites excluding steroid dienone is 2. The Bertz CT molecular complexity index is 349. The molecule has 108 valence electrons. The van der Waals surface area contributed by atoms with Crippen LogP contribution < -0.4 is 5.32 Å². The topological polar surface area (TPSA) is 66.4 Å². The van der Waals surface area contributed by atoms with Crippen molar-refractivity contribution in [3.8, 4) is 0 Å². The van der Waals surface area contributed by atoms with Crippen LogP contribution in [0.25, 0.3) is 0 Å². The van der Waals surface area contributed by atoms with Gasteiger partial charge in [0.25, 0.3) is 0 Å². The molecule has 3 atom stereocenters. The minimum Gasteiger partial charge on any atom is -0.481 e. The molecule has 0 aromatic carbocycles. The highest BCUT2D eigenvalue weighted by Gasteiger charge is 2.34. The molecule has 0 bridgehead atoms. The van der Waals surface area contributed by atoms with E-state index in [1.807, 2.05) is 19.1 Å². The number of carboxylic acid groups (broad SMARTS) is 1. The minimum atomic E-state index is -0.876. The van der Waals surface area contributed by atoms with Gasteiger partial charge in [-0.15, -0.1) is 0 Å². The Balaban J connectivity index is 2.51. The summed E-state index contributed by atoms with van der Waals surface area (Å²) in [5, 5.41) is 12.1. The van der Waals surface area contributed by atoms with Gasteiger partial charge in [-0.05, 0) is 38.5 Å². The predicted octanol–water partition coefficient (Wildman–Crippen LogP) is 2.59. The Kier molecular flexibility index (Phi) is 6.06. The Labute approximate surface area is 115 Å². The van der Waals surface area contributed by atoms with Gasteiger partial charge in [0, 0.05) is 6.04 Å². The lowest BCUT2D eigenvalue weighted by atomic mass is 9.82. The van der Waals surface area contributed by atoms with Gasteiger partial charge in [-0.2, -0.15) is 0 Å². The van der Waals surface area contributed by atoms with Crippen molar-refractivity contribution < 1.29 is 14.7 Å². The van der Waals surface area contributed by atoms with E-state index in [4.69, 9.17) is 5.11 Å². The Hall–Kier alpha value is -1.32. The predicted molar refractivity (Wildman–Crippen MR) is 74.7 cm³/mol. The fraction of sp³-hybridized carbons (Fsp3) is 0.733. The first kappa shape index (κ1) is 15.7. The number of carbonyl (C=O) groups is 2. The van der Waals surface area contributed by atoms with E-state index < -0.39 is 17.8 Å². The molecule has 4 nitrogen and oxygen atoms in total. The van der Waals surface area contributed by atoms with E-state index in [0.717, 1.165) is 12.8 Å². The molecule has 0 spiro atoms. The standard InChI is InChI=1S/C15H25NO3/c1-10(2)8-9-11(3)16-14(17)12-6-4-5-7-13(12)15(18)19/h4-5,10-13H,6-9H2,1-3H3,(H,16,17)(H,18,19)/t11?,12-,13+/m1/s1. The fourth-order valence-corrected chi connectivity index (χ4v) is 2.38. The summed E-state index contributed by atoms with van der Waals surface area (Å²) in [7, 11) is 0. The number of nitrogens with one attached hydrogen (secondary N) is 1. The van der Waals surface area contributed by atoms with E-state index in [1.165, 1.54) is 0 Å². The maximum atomic E-state index is 12.2. The molecule has 4 heteroatoms. The van der Waals surface area contributed by atoms with Crippen LogP contribution >= 0.6 is 0 Å². The lowest BCUT2D eigenvalue weighted by molar-refractivity contribution is -0.147. The Morgan fingerprint density at radius 3 is 2.26 bits per heavy atom. The zero-order valence-corrected chi connectivity index (χ0v) is 12.1. The zero-order valence-electron chi connectivity index (χ0n) is 12.1. The van der Waals surface area contributed by atoms with E-state index in [2.05, 4.69) is 19.2 Å². The van der Waals surface area contributed by atoms with Crippen LogP contribution in [0.1, 0.15) is 46.5 Å². The molecule has 0 heterocycles. The number of carbonyl (C=O) groups excluding carboxylic acids is 1. The van der Waals surface area contributed by atoms with Crippen LogP contribution in [0.3, 0.4) is 0 Å². The van der Waals surface area contributed by atoms with Crippen molar-refractivity contribution in [3.63, 3.8) is 0 Å². The summed E-state index contributed by atoms with van der Waals surface area (Å²) in [6.45, 7) is 6.29. The van der Waals surface area contributed by atoms with Gasteiger partial charge < -0.3 is 10.4 Å². The van der Waals surface area contributed by atoms with E-state index >= 15 is 0 Å². The second-order valence-electron chi connectivity index (χ2n) is 5.87. The average Bonchev–Trinajstić information content (AvgIpc) is 2.36. The minimum absolute atomic E-state index is 0.107. The van der Waals surface area contributed by atoms with Crippen molar-refractivity contribution in [3.05, 3.63) is 12.2 Å². The average molecular weight is 267 g/mol. The molecule has 0 radical (unpaired) electrons. The van der Waals surface area contributed by atoms with Crippen LogP contribution in [0, 0.1) is 17.8 Å². The summed E-state index contributed by atoms with van der Waals surface area (Å²) >= 11 is 0. The van der Waals surface area contributed by atoms with Crippen LogP contribution in [0.15, 0.2) is 12.2 Å². The van der Waals surface area contributed by atoms with Crippen molar-refractivity contribution in [2.75, 3.05) is 0 Å². The molecule has 0 aromatic rings. The lowest BCUT2D eigenvalue weighted by Gasteiger charge is -2.26. The maximum Gasteiger partial charge on any atom is 0.307 e. The molecular formula is C15H25NO3. The van der Waals surface area contributed by atoms with Crippen molar-refractivity contribution in [2.45, 2.75) is 52.5 Å². The van der Waals surface area contributed by atoms with Gasteiger partial charge in [-0.3, -0.25) is 9.59 Å². The molecule has 0 aromatic heterocycles. The third-order valence-corrected chi connectivity index (χ3v) is 3.65. The highest BCUT2D eigenvalue weighted by Crippen LogP contribution is 2.26. The summed E-state index contributed by atoms with van der Waals surface area (Å²) in [5.74, 6) is -1.39. The summed E-state index contributed by atoms with van der Waals surface area (Å²) in [4.78, 5) is 23.3. The Morgan fingerprint density at radius 2 is 1.74 bits per heavy atom. The molecule has 0 saturated heterocycles. The van der Waals surface area contributed by atoms with Gasteiger partial charge in [-0.1, -0.05) is 26.0 Å². The summed E-state index contributed by atoms with van der Waals surface area (Å²) in [5.41, 5.74) is 0. The van der Waals surface area contributed by atoms with Gasteiger partial charge in [0.15, 0.2) is 0 Å². The maximum absolute atomic E-state index is 12.2. The highest BCUT2D eigenvalue weighted by molar-refractivity contribution is 5.85. The van der Waals surface area contributed by atoms with Gasteiger partial charge in [0.1, 0.15) is 0 Å². The fourth-order valence-electron chi connectivity index (χ4n) is 2.38. The SMILES string of the molecule is CC(C)CCC(C)NC(=O)[C@@H]1CC=CC[C@@H]1C(=O)O. The van der Waals surface area contributed by atoms with Crippen molar-refractivity contribution in [1.29, 1.82) is 0 Å². The molecule has 0 fully saturated rings. The summed E-state index contributed by atoms with van der Waals surface area (Å²) < 4.78 is 0. The molecule has 1 unspecified atom stereocenters. The van der Waals surface area contributed by atoms with Crippen LogP contribution in [-0.2, 0) is 9.59 Å². The van der Waals surface area contributed by atoms with Crippen LogP contribution in [-0.4, -0.2) is 23.0 Å².